The van der Waals surface area contributed by atoms with Crippen LogP contribution in [0.5, 0.6) is 5.75 Å². The molecule has 1 aromatic rings. The number of non-ortho nitro benzene ring substituents is 1. The van der Waals surface area contributed by atoms with Gasteiger partial charge in [-0.1, -0.05) is 15.9 Å². The van der Waals surface area contributed by atoms with Crippen molar-refractivity contribution < 1.29 is 14.4 Å². The van der Waals surface area contributed by atoms with Gasteiger partial charge in [0.2, 0.25) is 0 Å². The Morgan fingerprint density at radius 3 is 2.78 bits per heavy atom. The van der Waals surface area contributed by atoms with Crippen LogP contribution in [0.15, 0.2) is 22.7 Å². The van der Waals surface area contributed by atoms with Crippen molar-refractivity contribution in [3.8, 4) is 5.75 Å². The molecule has 0 radical (unpaired) electrons. The van der Waals surface area contributed by atoms with Crippen molar-refractivity contribution >= 4 is 21.6 Å². The van der Waals surface area contributed by atoms with E-state index in [1.807, 2.05) is 0 Å². The Kier molecular flexibility index (Phi) is 3.84. The second-order valence-corrected chi connectivity index (χ2v) is 5.07. The molecule has 6 nitrogen and oxygen atoms in total. The van der Waals surface area contributed by atoms with Crippen molar-refractivity contribution in [1.82, 2.24) is 0 Å². The minimum absolute atomic E-state index is 0.0167. The molecule has 0 aromatic heterocycles. The van der Waals surface area contributed by atoms with Crippen LogP contribution < -0.4 is 10.5 Å². The van der Waals surface area contributed by atoms with E-state index in [0.717, 1.165) is 0 Å². The maximum Gasteiger partial charge on any atom is 0.274 e. The van der Waals surface area contributed by atoms with Gasteiger partial charge in [0.25, 0.3) is 5.69 Å². The molecule has 7 heteroatoms. The van der Waals surface area contributed by atoms with E-state index in [2.05, 4.69) is 15.9 Å². The van der Waals surface area contributed by atoms with Crippen molar-refractivity contribution in [3.63, 3.8) is 0 Å². The number of halogens is 1. The summed E-state index contributed by atoms with van der Waals surface area (Å²) in [6, 6.07) is 4.46. The third kappa shape index (κ3) is 2.63. The Labute approximate surface area is 112 Å². The molecular formula is C11H13BrN2O4. The molecule has 1 aromatic carbocycles. The van der Waals surface area contributed by atoms with Crippen LogP contribution in [0.3, 0.4) is 0 Å². The first kappa shape index (κ1) is 13.3. The molecule has 0 heterocycles. The molecule has 18 heavy (non-hydrogen) atoms. The van der Waals surface area contributed by atoms with E-state index in [4.69, 9.17) is 15.2 Å². The Hall–Kier alpha value is -1.18. The van der Waals surface area contributed by atoms with Gasteiger partial charge in [-0.05, 0) is 6.07 Å². The van der Waals surface area contributed by atoms with Crippen LogP contribution in [-0.2, 0) is 4.74 Å². The van der Waals surface area contributed by atoms with Gasteiger partial charge >= 0.3 is 0 Å². The van der Waals surface area contributed by atoms with Crippen LogP contribution in [0.4, 0.5) is 5.69 Å². The fourth-order valence-corrected chi connectivity index (χ4v) is 2.41. The Morgan fingerprint density at radius 1 is 1.50 bits per heavy atom. The number of nitrogens with zero attached hydrogens (tertiary/aromatic N) is 1. The second kappa shape index (κ2) is 5.21. The van der Waals surface area contributed by atoms with Crippen LogP contribution in [0.1, 0.15) is 6.42 Å². The lowest BCUT2D eigenvalue weighted by Gasteiger charge is -2.40. The van der Waals surface area contributed by atoms with Gasteiger partial charge in [-0.25, -0.2) is 0 Å². The van der Waals surface area contributed by atoms with Crippen molar-refractivity contribution in [2.45, 2.75) is 24.7 Å². The summed E-state index contributed by atoms with van der Waals surface area (Å²) in [6.07, 6.45) is 0.362. The minimum Gasteiger partial charge on any atom is -0.487 e. The summed E-state index contributed by atoms with van der Waals surface area (Å²) >= 11 is 3.21. The molecule has 2 rings (SSSR count). The minimum atomic E-state index is -0.460. The predicted octanol–water partition coefficient (Wildman–Crippen LogP) is 1.85. The number of ether oxygens (including phenoxy) is 2. The molecule has 0 saturated heterocycles. The van der Waals surface area contributed by atoms with E-state index >= 15 is 0 Å². The standard InChI is InChI=1S/C11H13BrN2O4/c1-17-11-9(13)5-10(11)18-8-3-6(12)2-7(4-8)14(15)16/h2-4,9-11H,5,13H2,1H3. The SMILES string of the molecule is COC1C(N)CC1Oc1cc(Br)cc([N+](=O)[O-])c1. The number of nitro benzene ring substituents is 1. The third-order valence-corrected chi connectivity index (χ3v) is 3.38. The van der Waals surface area contributed by atoms with Crippen molar-refractivity contribution in [2.24, 2.45) is 5.73 Å². The van der Waals surface area contributed by atoms with Gasteiger partial charge in [0.05, 0.1) is 11.0 Å². The average molecular weight is 317 g/mol. The monoisotopic (exact) mass is 316 g/mol. The third-order valence-electron chi connectivity index (χ3n) is 2.92. The highest BCUT2D eigenvalue weighted by atomic mass is 79.9. The zero-order valence-electron chi connectivity index (χ0n) is 9.71. The van der Waals surface area contributed by atoms with E-state index in [1.165, 1.54) is 12.1 Å². The zero-order valence-corrected chi connectivity index (χ0v) is 11.3. The molecule has 1 aliphatic rings. The average Bonchev–Trinajstić information content (AvgIpc) is 2.27. The molecule has 1 saturated carbocycles. The van der Waals surface area contributed by atoms with E-state index in [0.29, 0.717) is 16.6 Å². The van der Waals surface area contributed by atoms with Crippen LogP contribution in [0.2, 0.25) is 0 Å². The fourth-order valence-electron chi connectivity index (χ4n) is 1.95. The van der Waals surface area contributed by atoms with Crippen LogP contribution in [0, 0.1) is 10.1 Å². The molecule has 1 fully saturated rings. The van der Waals surface area contributed by atoms with E-state index in [9.17, 15) is 10.1 Å². The number of nitro groups is 1. The van der Waals surface area contributed by atoms with Gasteiger partial charge < -0.3 is 15.2 Å². The second-order valence-electron chi connectivity index (χ2n) is 4.16. The molecule has 0 bridgehead atoms. The molecule has 0 amide bonds. The normalized spacial score (nSPS) is 26.5. The van der Waals surface area contributed by atoms with Crippen molar-refractivity contribution in [1.29, 1.82) is 0 Å². The van der Waals surface area contributed by atoms with Crippen LogP contribution >= 0.6 is 15.9 Å². The van der Waals surface area contributed by atoms with Crippen LogP contribution in [0.25, 0.3) is 0 Å². The maximum atomic E-state index is 10.7. The number of methoxy groups -OCH3 is 1. The van der Waals surface area contributed by atoms with Gasteiger partial charge in [0.15, 0.2) is 0 Å². The lowest BCUT2D eigenvalue weighted by atomic mass is 9.86. The van der Waals surface area contributed by atoms with Crippen LogP contribution in [-0.4, -0.2) is 30.3 Å². The van der Waals surface area contributed by atoms with Gasteiger partial charge in [-0.3, -0.25) is 10.1 Å². The molecule has 0 aliphatic heterocycles. The number of hydrogen-bond acceptors (Lipinski definition) is 5. The highest BCUT2D eigenvalue weighted by Gasteiger charge is 2.41. The lowest BCUT2D eigenvalue weighted by Crippen LogP contribution is -2.59. The van der Waals surface area contributed by atoms with Gasteiger partial charge in [-0.2, -0.15) is 0 Å². The smallest absolute Gasteiger partial charge is 0.274 e. The Balaban J connectivity index is 2.12. The lowest BCUT2D eigenvalue weighted by molar-refractivity contribution is -0.385. The molecule has 1 aliphatic carbocycles. The van der Waals surface area contributed by atoms with Crippen molar-refractivity contribution in [3.05, 3.63) is 32.8 Å². The first-order valence-electron chi connectivity index (χ1n) is 5.41. The summed E-state index contributed by atoms with van der Waals surface area (Å²) in [4.78, 5) is 10.3. The zero-order chi connectivity index (χ0) is 13.3. The highest BCUT2D eigenvalue weighted by Crippen LogP contribution is 2.31. The Morgan fingerprint density at radius 2 is 2.22 bits per heavy atom. The molecule has 3 unspecified atom stereocenters. The number of hydrogen-bond donors (Lipinski definition) is 1. The molecule has 3 atom stereocenters. The van der Waals surface area contributed by atoms with Gasteiger partial charge in [0, 0.05) is 30.1 Å². The summed E-state index contributed by atoms with van der Waals surface area (Å²) in [7, 11) is 1.57. The first-order valence-corrected chi connectivity index (χ1v) is 6.20. The van der Waals surface area contributed by atoms with Crippen molar-refractivity contribution in [2.75, 3.05) is 7.11 Å². The molecule has 2 N–H and O–H groups in total. The summed E-state index contributed by atoms with van der Waals surface area (Å²) in [6.45, 7) is 0. The molecule has 98 valence electrons. The van der Waals surface area contributed by atoms with Gasteiger partial charge in [0.1, 0.15) is 18.0 Å². The highest BCUT2D eigenvalue weighted by molar-refractivity contribution is 9.10. The number of benzene rings is 1. The maximum absolute atomic E-state index is 10.7. The predicted molar refractivity (Wildman–Crippen MR) is 68.6 cm³/mol. The summed E-state index contributed by atoms with van der Waals surface area (Å²) in [5.41, 5.74) is 5.75. The topological polar surface area (TPSA) is 87.6 Å². The molecular weight excluding hydrogens is 304 g/mol. The number of rotatable bonds is 4. The fraction of sp³-hybridized carbons (Fsp3) is 0.455. The van der Waals surface area contributed by atoms with Gasteiger partial charge in [-0.15, -0.1) is 0 Å². The summed E-state index contributed by atoms with van der Waals surface area (Å²) in [5, 5.41) is 10.7. The largest absolute Gasteiger partial charge is 0.487 e. The summed E-state index contributed by atoms with van der Waals surface area (Å²) in [5.74, 6) is 0.440. The first-order chi connectivity index (χ1) is 8.51. The Bertz CT molecular complexity index is 468. The van der Waals surface area contributed by atoms with E-state index < -0.39 is 4.92 Å². The summed E-state index contributed by atoms with van der Waals surface area (Å²) < 4.78 is 11.5. The molecule has 0 spiro atoms. The quantitative estimate of drug-likeness (QED) is 0.676. The number of nitrogens with two attached hydrogens (primary N) is 1. The van der Waals surface area contributed by atoms with E-state index in [1.54, 1.807) is 13.2 Å². The van der Waals surface area contributed by atoms with E-state index in [-0.39, 0.29) is 23.9 Å².